The van der Waals surface area contributed by atoms with Crippen molar-refractivity contribution in [1.29, 1.82) is 0 Å². The molecule has 0 amide bonds. The van der Waals surface area contributed by atoms with Crippen LogP contribution in [0.3, 0.4) is 0 Å². The van der Waals surface area contributed by atoms with E-state index in [0.29, 0.717) is 23.7 Å². The SMILES string of the molecule is [2H]c1c([2H])c([2H])c(-c2cnc(-n3c4ccccc4c4ccc(Oc5cccc(N6CN(c7cc(C(C)(C)C)cc(C(C)(C)C)c7)c7cc(-c8cc(-c9ccccc9)cc(C(C)(C)C)c8)ccc76)c5)cc43)cc2C([2H])([2H])[2H])c([2H])c1[2H]. The molecule has 358 valence electrons. The third kappa shape index (κ3) is 8.83. The number of aryl methyl sites for hydroxylation is 1. The van der Waals surface area contributed by atoms with E-state index >= 15 is 0 Å². The molecule has 3 heterocycles. The molecule has 0 saturated heterocycles. The van der Waals surface area contributed by atoms with Crippen LogP contribution in [-0.2, 0) is 16.2 Å². The molecule has 10 aromatic rings. The number of pyridine rings is 1. The maximum absolute atomic E-state index is 8.67. The van der Waals surface area contributed by atoms with E-state index in [2.05, 4.69) is 169 Å². The van der Waals surface area contributed by atoms with Crippen LogP contribution >= 0.6 is 0 Å². The predicted molar refractivity (Wildman–Crippen MR) is 304 cm³/mol. The number of benzene rings is 8. The fourth-order valence-electron chi connectivity index (χ4n) is 9.80. The molecule has 1 aliphatic heterocycles. The summed E-state index contributed by atoms with van der Waals surface area (Å²) < 4.78 is 76.6. The van der Waals surface area contributed by atoms with Crippen LogP contribution in [0.1, 0.15) is 95.5 Å². The third-order valence-corrected chi connectivity index (χ3v) is 13.9. The van der Waals surface area contributed by atoms with Crippen LogP contribution in [0.15, 0.2) is 194 Å². The van der Waals surface area contributed by atoms with E-state index in [1.165, 1.54) is 40.1 Å². The van der Waals surface area contributed by atoms with Gasteiger partial charge in [-0.05, 0) is 140 Å². The predicted octanol–water partition coefficient (Wildman–Crippen LogP) is 18.4. The summed E-state index contributed by atoms with van der Waals surface area (Å²) in [4.78, 5) is 9.55. The van der Waals surface area contributed by atoms with Crippen molar-refractivity contribution in [3.63, 3.8) is 0 Å². The number of para-hydroxylation sites is 1. The van der Waals surface area contributed by atoms with Gasteiger partial charge in [-0.25, -0.2) is 4.98 Å². The molecular weight excluding hydrogens is 877 g/mol. The van der Waals surface area contributed by atoms with Gasteiger partial charge in [0.05, 0.1) is 29.3 Å². The van der Waals surface area contributed by atoms with Crippen molar-refractivity contribution in [2.24, 2.45) is 0 Å². The summed E-state index contributed by atoms with van der Waals surface area (Å²) in [5.41, 5.74) is 13.4. The van der Waals surface area contributed by atoms with Crippen molar-refractivity contribution >= 4 is 44.6 Å². The van der Waals surface area contributed by atoms with E-state index in [-0.39, 0.29) is 38.8 Å². The fraction of sp³-hybridized carbons (Fsp3) is 0.209. The summed E-state index contributed by atoms with van der Waals surface area (Å²) >= 11 is 0. The Bertz CT molecular complexity index is 4030. The zero-order valence-corrected chi connectivity index (χ0v) is 42.5. The molecule has 11 rings (SSSR count). The summed E-state index contributed by atoms with van der Waals surface area (Å²) in [7, 11) is 0. The van der Waals surface area contributed by atoms with Crippen molar-refractivity contribution in [2.75, 3.05) is 16.5 Å². The second-order valence-electron chi connectivity index (χ2n) is 22.1. The smallest absolute Gasteiger partial charge is 0.137 e. The van der Waals surface area contributed by atoms with Crippen molar-refractivity contribution in [1.82, 2.24) is 9.55 Å². The molecule has 0 unspecified atom stereocenters. The lowest BCUT2D eigenvalue weighted by Crippen LogP contribution is -2.25. The van der Waals surface area contributed by atoms with Crippen molar-refractivity contribution in [2.45, 2.75) is 85.4 Å². The van der Waals surface area contributed by atoms with E-state index < -0.39 is 37.1 Å². The Hall–Kier alpha value is -7.89. The molecule has 0 radical (unpaired) electrons. The van der Waals surface area contributed by atoms with Crippen molar-refractivity contribution in [3.05, 3.63) is 216 Å². The van der Waals surface area contributed by atoms with E-state index in [0.717, 1.165) is 50.2 Å². The van der Waals surface area contributed by atoms with Crippen LogP contribution in [0, 0.1) is 6.85 Å². The number of fused-ring (bicyclic) bond motifs is 4. The van der Waals surface area contributed by atoms with Gasteiger partial charge < -0.3 is 14.5 Å². The summed E-state index contributed by atoms with van der Waals surface area (Å²) in [5.74, 6) is 1.43. The number of nitrogens with zero attached hydrogens (tertiary/aromatic N) is 4. The minimum absolute atomic E-state index is 0.0593. The van der Waals surface area contributed by atoms with Crippen LogP contribution in [0.2, 0.25) is 0 Å². The van der Waals surface area contributed by atoms with Gasteiger partial charge in [-0.3, -0.25) is 4.57 Å². The van der Waals surface area contributed by atoms with Gasteiger partial charge in [0.1, 0.15) is 24.0 Å². The normalized spacial score (nSPS) is 14.8. The standard InChI is InChI=1S/C67H64N4O/c1-44-32-64(68-42-59(44)46-22-15-12-16-23-46)71-60-27-18-17-26-57(60)58-30-29-56(41-62(58)71)72-55-25-19-24-53(40-55)69-43-70(54-38-51(66(5,6)7)37-52(39-54)67(8,9)10)63-36-47(28-31-61(63)69)49-33-48(45-20-13-11-14-21-45)34-50(35-49)65(2,3)4/h11-42H,43H2,1-10H3/i1D3,12D,15D,16D,22D,23D. The topological polar surface area (TPSA) is 33.5 Å². The Morgan fingerprint density at radius 3 is 1.86 bits per heavy atom. The number of rotatable bonds is 8. The van der Waals surface area contributed by atoms with Gasteiger partial charge in [-0.15, -0.1) is 0 Å². The highest BCUT2D eigenvalue weighted by atomic mass is 16.5. The third-order valence-electron chi connectivity index (χ3n) is 13.9. The molecular formula is C67H64N4O. The Morgan fingerprint density at radius 2 is 1.14 bits per heavy atom. The largest absolute Gasteiger partial charge is 0.457 e. The van der Waals surface area contributed by atoms with Crippen molar-refractivity contribution in [3.8, 4) is 50.7 Å². The van der Waals surface area contributed by atoms with Crippen molar-refractivity contribution < 1.29 is 15.7 Å². The molecule has 0 N–H and O–H groups in total. The fourth-order valence-corrected chi connectivity index (χ4v) is 9.80. The average molecular weight is 949 g/mol. The maximum atomic E-state index is 8.67. The molecule has 0 bridgehead atoms. The van der Waals surface area contributed by atoms with Gasteiger partial charge in [0.25, 0.3) is 0 Å². The minimum atomic E-state index is -2.74. The first-order valence-electron chi connectivity index (χ1n) is 28.7. The zero-order chi connectivity index (χ0) is 57.0. The highest BCUT2D eigenvalue weighted by Gasteiger charge is 2.32. The van der Waals surface area contributed by atoms with Crippen LogP contribution in [0.5, 0.6) is 11.5 Å². The van der Waals surface area contributed by atoms with Gasteiger partial charge in [-0.1, -0.05) is 171 Å². The number of hydrogen-bond acceptors (Lipinski definition) is 4. The van der Waals surface area contributed by atoms with Crippen LogP contribution < -0.4 is 14.5 Å². The lowest BCUT2D eigenvalue weighted by atomic mass is 9.80. The Labute approximate surface area is 437 Å². The second-order valence-corrected chi connectivity index (χ2v) is 22.1. The van der Waals surface area contributed by atoms with Gasteiger partial charge in [0, 0.05) is 50.2 Å². The average Bonchev–Trinajstić information content (AvgIpc) is 3.97. The Balaban J connectivity index is 1.01. The highest BCUT2D eigenvalue weighted by molar-refractivity contribution is 6.09. The lowest BCUT2D eigenvalue weighted by Gasteiger charge is -2.29. The zero-order valence-electron chi connectivity index (χ0n) is 50.5. The molecule has 1 aliphatic rings. The monoisotopic (exact) mass is 949 g/mol. The molecule has 0 spiro atoms. The molecule has 8 aromatic carbocycles. The van der Waals surface area contributed by atoms with Gasteiger partial charge in [0.2, 0.25) is 0 Å². The summed E-state index contributed by atoms with van der Waals surface area (Å²) in [6, 6.07) is 52.0. The first-order chi connectivity index (χ1) is 37.7. The van der Waals surface area contributed by atoms with E-state index in [1.807, 2.05) is 59.2 Å². The van der Waals surface area contributed by atoms with Gasteiger partial charge in [0.15, 0.2) is 0 Å². The quantitative estimate of drug-likeness (QED) is 0.152. The molecule has 72 heavy (non-hydrogen) atoms. The minimum Gasteiger partial charge on any atom is -0.457 e. The lowest BCUT2D eigenvalue weighted by molar-refractivity contribution is 0.483. The summed E-state index contributed by atoms with van der Waals surface area (Å²) in [6.45, 7) is 18.3. The van der Waals surface area contributed by atoms with E-state index in [1.54, 1.807) is 0 Å². The summed E-state index contributed by atoms with van der Waals surface area (Å²) in [5, 5.41) is 1.79. The molecule has 0 fully saturated rings. The van der Waals surface area contributed by atoms with Crippen LogP contribution in [0.4, 0.5) is 22.7 Å². The number of hydrogen-bond donors (Lipinski definition) is 0. The maximum Gasteiger partial charge on any atom is 0.137 e. The molecule has 0 saturated carbocycles. The Kier molecular flexibility index (Phi) is 9.34. The van der Waals surface area contributed by atoms with Gasteiger partial charge >= 0.3 is 0 Å². The van der Waals surface area contributed by atoms with Gasteiger partial charge in [-0.2, -0.15) is 0 Å². The molecule has 0 atom stereocenters. The summed E-state index contributed by atoms with van der Waals surface area (Å²) in [6.07, 6.45) is 1.30. The van der Waals surface area contributed by atoms with Crippen LogP contribution in [-0.4, -0.2) is 16.2 Å². The molecule has 0 aliphatic carbocycles. The number of aromatic nitrogens is 2. The molecule has 5 nitrogen and oxygen atoms in total. The first-order valence-corrected chi connectivity index (χ1v) is 24.7. The van der Waals surface area contributed by atoms with Crippen LogP contribution in [0.25, 0.3) is 61.0 Å². The number of anilines is 4. The number of ether oxygens (including phenoxy) is 1. The second kappa shape index (κ2) is 17.8. The molecule has 5 heteroatoms. The Morgan fingerprint density at radius 1 is 0.486 bits per heavy atom. The first kappa shape index (κ1) is 37.9. The highest BCUT2D eigenvalue weighted by Crippen LogP contribution is 2.49. The van der Waals surface area contributed by atoms with E-state index in [4.69, 9.17) is 20.7 Å². The van der Waals surface area contributed by atoms with E-state index in [9.17, 15) is 0 Å². The molecule has 2 aromatic heterocycles.